The third-order valence-corrected chi connectivity index (χ3v) is 4.57. The molecule has 0 aliphatic carbocycles. The number of rotatable bonds is 7. The first kappa shape index (κ1) is 20.9. The van der Waals surface area contributed by atoms with Gasteiger partial charge in [-0.2, -0.15) is 0 Å². The maximum atomic E-state index is 12.2. The predicted molar refractivity (Wildman–Crippen MR) is 118 cm³/mol. The molecule has 0 spiro atoms. The first-order valence-electron chi connectivity index (χ1n) is 9.44. The first-order chi connectivity index (χ1) is 14.5. The van der Waals surface area contributed by atoms with Crippen LogP contribution >= 0.6 is 0 Å². The van der Waals surface area contributed by atoms with Crippen molar-refractivity contribution in [3.05, 3.63) is 65.7 Å². The van der Waals surface area contributed by atoms with Crippen molar-refractivity contribution in [2.75, 3.05) is 13.7 Å². The molecular formula is C24H23NO5. The number of phenolic OH excluding ortho intramolecular Hbond substituents is 1. The molecule has 0 saturated heterocycles. The number of hydrogen-bond donors (Lipinski definition) is 1. The molecular weight excluding hydrogens is 382 g/mol. The van der Waals surface area contributed by atoms with E-state index in [1.165, 1.54) is 13.2 Å². The van der Waals surface area contributed by atoms with E-state index in [2.05, 4.69) is 11.7 Å². The molecule has 0 saturated carbocycles. The van der Waals surface area contributed by atoms with Crippen molar-refractivity contribution in [3.8, 4) is 17.2 Å². The summed E-state index contributed by atoms with van der Waals surface area (Å²) in [6, 6.07) is 14.0. The van der Waals surface area contributed by atoms with E-state index in [-0.39, 0.29) is 11.7 Å². The minimum absolute atomic E-state index is 0.0312. The number of phenols is 1. The standard InChI is InChI=1S/C24H23NO5/c1-5-22(19-13-23(28-4)21(26)14-20(19)25-3)30-16-10-11-17-15(12-16)8-7-9-18(17)24(27)29-6-2/h5,7-14,26H,3,6H2,1-2,4H3/b22-5+. The molecule has 3 rings (SSSR count). The van der Waals surface area contributed by atoms with Gasteiger partial charge in [0, 0.05) is 11.6 Å². The number of aromatic hydroxyl groups is 1. The van der Waals surface area contributed by atoms with Gasteiger partial charge in [0.1, 0.15) is 11.5 Å². The van der Waals surface area contributed by atoms with Crippen molar-refractivity contribution < 1.29 is 24.1 Å². The predicted octanol–water partition coefficient (Wildman–Crippen LogP) is 5.50. The van der Waals surface area contributed by atoms with Gasteiger partial charge < -0.3 is 19.3 Å². The third kappa shape index (κ3) is 4.12. The lowest BCUT2D eigenvalue weighted by Crippen LogP contribution is -2.05. The van der Waals surface area contributed by atoms with Gasteiger partial charge in [-0.05, 0) is 67.7 Å². The Balaban J connectivity index is 1.99. The van der Waals surface area contributed by atoms with Crippen LogP contribution in [0.4, 0.5) is 5.69 Å². The Morgan fingerprint density at radius 1 is 1.17 bits per heavy atom. The van der Waals surface area contributed by atoms with E-state index in [9.17, 15) is 9.90 Å². The topological polar surface area (TPSA) is 77.4 Å². The molecule has 6 nitrogen and oxygen atoms in total. The van der Waals surface area contributed by atoms with Crippen LogP contribution in [0.5, 0.6) is 17.2 Å². The van der Waals surface area contributed by atoms with Crippen molar-refractivity contribution in [1.29, 1.82) is 0 Å². The van der Waals surface area contributed by atoms with Gasteiger partial charge in [0.15, 0.2) is 11.5 Å². The molecule has 0 heterocycles. The maximum absolute atomic E-state index is 12.2. The van der Waals surface area contributed by atoms with E-state index in [1.54, 1.807) is 37.3 Å². The lowest BCUT2D eigenvalue weighted by molar-refractivity contribution is 0.0528. The van der Waals surface area contributed by atoms with Gasteiger partial charge in [-0.1, -0.05) is 12.1 Å². The van der Waals surface area contributed by atoms with Crippen LogP contribution in [0.2, 0.25) is 0 Å². The van der Waals surface area contributed by atoms with Crippen molar-refractivity contribution in [2.45, 2.75) is 13.8 Å². The SMILES string of the molecule is C=Nc1cc(O)c(OC)cc1/C(=C\C)Oc1ccc2c(C(=O)OCC)cccc2c1. The highest BCUT2D eigenvalue weighted by Crippen LogP contribution is 2.38. The Morgan fingerprint density at radius 2 is 1.97 bits per heavy atom. The average Bonchev–Trinajstić information content (AvgIpc) is 2.76. The number of fused-ring (bicyclic) bond motifs is 1. The normalized spacial score (nSPS) is 11.2. The summed E-state index contributed by atoms with van der Waals surface area (Å²) in [5.41, 5.74) is 1.60. The lowest BCUT2D eigenvalue weighted by Gasteiger charge is -2.15. The Kier molecular flexibility index (Phi) is 6.37. The molecule has 0 fully saturated rings. The summed E-state index contributed by atoms with van der Waals surface area (Å²) in [4.78, 5) is 16.2. The number of ether oxygens (including phenoxy) is 3. The van der Waals surface area contributed by atoms with E-state index in [4.69, 9.17) is 14.2 Å². The van der Waals surface area contributed by atoms with E-state index in [0.717, 1.165) is 10.8 Å². The number of carbonyl (C=O) groups excluding carboxylic acids is 1. The molecule has 0 radical (unpaired) electrons. The largest absolute Gasteiger partial charge is 0.504 e. The van der Waals surface area contributed by atoms with Crippen LogP contribution in [-0.4, -0.2) is 31.5 Å². The number of benzene rings is 3. The second-order valence-corrected chi connectivity index (χ2v) is 6.36. The second-order valence-electron chi connectivity index (χ2n) is 6.36. The summed E-state index contributed by atoms with van der Waals surface area (Å²) in [6.07, 6.45) is 1.79. The van der Waals surface area contributed by atoms with Crippen LogP contribution in [0.15, 0.2) is 59.6 Å². The van der Waals surface area contributed by atoms with Crippen LogP contribution in [-0.2, 0) is 4.74 Å². The van der Waals surface area contributed by atoms with Gasteiger partial charge in [0.2, 0.25) is 0 Å². The maximum Gasteiger partial charge on any atom is 0.338 e. The van der Waals surface area contributed by atoms with Crippen LogP contribution in [0.1, 0.15) is 29.8 Å². The molecule has 3 aromatic rings. The molecule has 0 atom stereocenters. The number of carbonyl (C=O) groups is 1. The summed E-state index contributed by atoms with van der Waals surface area (Å²) in [5.74, 6) is 1.02. The molecule has 3 aromatic carbocycles. The van der Waals surface area contributed by atoms with Crippen molar-refractivity contribution in [1.82, 2.24) is 0 Å². The monoisotopic (exact) mass is 405 g/mol. The van der Waals surface area contributed by atoms with Gasteiger partial charge in [0.25, 0.3) is 0 Å². The van der Waals surface area contributed by atoms with E-state index < -0.39 is 0 Å². The molecule has 0 aromatic heterocycles. The third-order valence-electron chi connectivity index (χ3n) is 4.57. The number of esters is 1. The highest BCUT2D eigenvalue weighted by atomic mass is 16.5. The summed E-state index contributed by atoms with van der Waals surface area (Å²) >= 11 is 0. The van der Waals surface area contributed by atoms with Gasteiger partial charge in [-0.25, -0.2) is 4.79 Å². The fourth-order valence-corrected chi connectivity index (χ4v) is 3.16. The first-order valence-corrected chi connectivity index (χ1v) is 9.44. The van der Waals surface area contributed by atoms with Gasteiger partial charge in [-0.3, -0.25) is 4.99 Å². The van der Waals surface area contributed by atoms with Crippen LogP contribution in [0.25, 0.3) is 16.5 Å². The zero-order chi connectivity index (χ0) is 21.7. The van der Waals surface area contributed by atoms with Crippen LogP contribution in [0, 0.1) is 0 Å². The van der Waals surface area contributed by atoms with E-state index >= 15 is 0 Å². The Morgan fingerprint density at radius 3 is 2.63 bits per heavy atom. The zero-order valence-corrected chi connectivity index (χ0v) is 17.1. The molecule has 0 aliphatic heterocycles. The molecule has 154 valence electrons. The van der Waals surface area contributed by atoms with Crippen molar-refractivity contribution in [2.24, 2.45) is 4.99 Å². The molecule has 0 bridgehead atoms. The number of aliphatic imine (C=N–C) groups is 1. The van der Waals surface area contributed by atoms with Crippen LogP contribution < -0.4 is 9.47 Å². The fourth-order valence-electron chi connectivity index (χ4n) is 3.16. The second kappa shape index (κ2) is 9.13. The number of methoxy groups -OCH3 is 1. The Bertz CT molecular complexity index is 1130. The fraction of sp³-hybridized carbons (Fsp3) is 0.167. The molecule has 0 amide bonds. The average molecular weight is 405 g/mol. The van der Waals surface area contributed by atoms with E-state index in [0.29, 0.717) is 40.7 Å². The highest BCUT2D eigenvalue weighted by molar-refractivity contribution is 6.04. The minimum Gasteiger partial charge on any atom is -0.504 e. The smallest absolute Gasteiger partial charge is 0.338 e. The van der Waals surface area contributed by atoms with Gasteiger partial charge in [-0.15, -0.1) is 0 Å². The molecule has 0 unspecified atom stereocenters. The quantitative estimate of drug-likeness (QED) is 0.319. The minimum atomic E-state index is -0.358. The summed E-state index contributed by atoms with van der Waals surface area (Å²) in [5, 5.41) is 11.6. The van der Waals surface area contributed by atoms with Crippen molar-refractivity contribution in [3.63, 3.8) is 0 Å². The Labute approximate surface area is 175 Å². The molecule has 0 aliphatic rings. The molecule has 30 heavy (non-hydrogen) atoms. The van der Waals surface area contributed by atoms with Crippen molar-refractivity contribution >= 4 is 34.9 Å². The summed E-state index contributed by atoms with van der Waals surface area (Å²) in [7, 11) is 1.47. The molecule has 6 heteroatoms. The van der Waals surface area contributed by atoms with E-state index in [1.807, 2.05) is 25.1 Å². The number of allylic oxidation sites excluding steroid dienone is 1. The van der Waals surface area contributed by atoms with Gasteiger partial charge in [0.05, 0.1) is 25.0 Å². The van der Waals surface area contributed by atoms with Crippen LogP contribution in [0.3, 0.4) is 0 Å². The lowest BCUT2D eigenvalue weighted by atomic mass is 10.0. The zero-order valence-electron chi connectivity index (χ0n) is 17.1. The molecule has 1 N–H and O–H groups in total. The summed E-state index contributed by atoms with van der Waals surface area (Å²) in [6.45, 7) is 7.49. The number of hydrogen-bond acceptors (Lipinski definition) is 6. The highest BCUT2D eigenvalue weighted by Gasteiger charge is 2.16. The number of nitrogens with zero attached hydrogens (tertiary/aromatic N) is 1. The summed E-state index contributed by atoms with van der Waals surface area (Å²) < 4.78 is 16.4. The Hall–Kier alpha value is -3.80. The van der Waals surface area contributed by atoms with Gasteiger partial charge >= 0.3 is 5.97 Å².